The van der Waals surface area contributed by atoms with Crippen LogP contribution in [0.1, 0.15) is 31.1 Å². The number of imidazole rings is 1. The number of rotatable bonds is 8. The largest absolute Gasteiger partial charge is 0.494 e. The normalized spacial score (nSPS) is 11.7. The smallest absolute Gasteiger partial charge is 0.251 e. The minimum absolute atomic E-state index is 0.0816. The van der Waals surface area contributed by atoms with Crippen LogP contribution >= 0.6 is 0 Å². The molecule has 2 N–H and O–H groups in total. The van der Waals surface area contributed by atoms with E-state index in [-0.39, 0.29) is 17.7 Å². The lowest BCUT2D eigenvalue weighted by Crippen LogP contribution is -2.47. The van der Waals surface area contributed by atoms with Crippen molar-refractivity contribution in [2.45, 2.75) is 26.8 Å². The Bertz CT molecular complexity index is 965. The topological polar surface area (TPSA) is 85.2 Å². The fourth-order valence-electron chi connectivity index (χ4n) is 2.98. The molecule has 0 aliphatic heterocycles. The van der Waals surface area contributed by atoms with E-state index in [9.17, 15) is 9.59 Å². The fraction of sp³-hybridized carbons (Fsp3) is 0.261. The van der Waals surface area contributed by atoms with Crippen LogP contribution < -0.4 is 15.4 Å². The Kier molecular flexibility index (Phi) is 6.85. The Hall–Kier alpha value is -3.61. The number of hydrogen-bond donors (Lipinski definition) is 2. The number of nitrogens with one attached hydrogen (secondary N) is 2. The number of nitrogens with zero attached hydrogens (tertiary/aromatic N) is 2. The van der Waals surface area contributed by atoms with Crippen LogP contribution in [0.5, 0.6) is 5.75 Å². The molecule has 0 aliphatic rings. The molecule has 3 aromatic rings. The van der Waals surface area contributed by atoms with E-state index in [2.05, 4.69) is 15.6 Å². The van der Waals surface area contributed by atoms with E-state index in [4.69, 9.17) is 4.74 Å². The SMILES string of the molecule is CCOc1ccc(C(=O)NC(C(=O)Nc2ccc(-n3ccnc3)cc2)C(C)C)cc1. The molecular weight excluding hydrogens is 380 g/mol. The number of ether oxygens (including phenoxy) is 1. The molecule has 0 saturated heterocycles. The van der Waals surface area contributed by atoms with Crippen LogP contribution in [0.3, 0.4) is 0 Å². The van der Waals surface area contributed by atoms with Crippen LogP contribution in [0, 0.1) is 5.92 Å². The third-order valence-electron chi connectivity index (χ3n) is 4.60. The highest BCUT2D eigenvalue weighted by Gasteiger charge is 2.25. The van der Waals surface area contributed by atoms with Gasteiger partial charge in [-0.1, -0.05) is 13.8 Å². The summed E-state index contributed by atoms with van der Waals surface area (Å²) in [4.78, 5) is 29.5. The monoisotopic (exact) mass is 406 g/mol. The molecule has 0 spiro atoms. The van der Waals surface area contributed by atoms with E-state index in [1.54, 1.807) is 36.8 Å². The maximum Gasteiger partial charge on any atom is 0.251 e. The molecule has 0 saturated carbocycles. The van der Waals surface area contributed by atoms with Gasteiger partial charge in [-0.3, -0.25) is 9.59 Å². The number of amides is 2. The van der Waals surface area contributed by atoms with Gasteiger partial charge in [0.05, 0.1) is 12.9 Å². The lowest BCUT2D eigenvalue weighted by atomic mass is 10.0. The summed E-state index contributed by atoms with van der Waals surface area (Å²) in [5, 5.41) is 5.71. The number of carbonyl (C=O) groups is 2. The standard InChI is InChI=1S/C23H26N4O3/c1-4-30-20-11-5-17(6-12-20)22(28)26-21(16(2)3)23(29)25-18-7-9-19(10-8-18)27-14-13-24-15-27/h5-16,21H,4H2,1-3H3,(H,25,29)(H,26,28). The zero-order valence-electron chi connectivity index (χ0n) is 17.3. The first-order chi connectivity index (χ1) is 14.5. The van der Waals surface area contributed by atoms with Crippen molar-refractivity contribution < 1.29 is 14.3 Å². The number of hydrogen-bond acceptors (Lipinski definition) is 4. The van der Waals surface area contributed by atoms with Gasteiger partial charge < -0.3 is 19.9 Å². The minimum atomic E-state index is -0.669. The number of aromatic nitrogens is 2. The van der Waals surface area contributed by atoms with Crippen molar-refractivity contribution in [3.05, 3.63) is 72.8 Å². The molecule has 0 fully saturated rings. The Morgan fingerprint density at radius 1 is 1.07 bits per heavy atom. The fourth-order valence-corrected chi connectivity index (χ4v) is 2.98. The molecule has 7 heteroatoms. The highest BCUT2D eigenvalue weighted by atomic mass is 16.5. The quantitative estimate of drug-likeness (QED) is 0.598. The van der Waals surface area contributed by atoms with Gasteiger partial charge in [-0.2, -0.15) is 0 Å². The van der Waals surface area contributed by atoms with Crippen molar-refractivity contribution in [3.8, 4) is 11.4 Å². The number of carbonyl (C=O) groups excluding carboxylic acids is 2. The van der Waals surface area contributed by atoms with E-state index in [0.29, 0.717) is 23.6 Å². The molecule has 156 valence electrons. The molecule has 1 atom stereocenters. The van der Waals surface area contributed by atoms with Crippen molar-refractivity contribution in [1.82, 2.24) is 14.9 Å². The Morgan fingerprint density at radius 2 is 1.77 bits per heavy atom. The Labute approximate surface area is 176 Å². The summed E-state index contributed by atoms with van der Waals surface area (Å²) in [5.41, 5.74) is 2.07. The van der Waals surface area contributed by atoms with Gasteiger partial charge in [-0.25, -0.2) is 4.98 Å². The maximum atomic E-state index is 12.8. The summed E-state index contributed by atoms with van der Waals surface area (Å²) < 4.78 is 7.27. The molecule has 7 nitrogen and oxygen atoms in total. The van der Waals surface area contributed by atoms with Gasteiger partial charge in [-0.05, 0) is 61.4 Å². The van der Waals surface area contributed by atoms with E-state index in [1.807, 2.05) is 55.8 Å². The van der Waals surface area contributed by atoms with Crippen LogP contribution in [-0.2, 0) is 4.79 Å². The van der Waals surface area contributed by atoms with Gasteiger partial charge in [0, 0.05) is 29.3 Å². The van der Waals surface area contributed by atoms with Gasteiger partial charge in [0.15, 0.2) is 0 Å². The van der Waals surface area contributed by atoms with Crippen LogP contribution in [0.15, 0.2) is 67.3 Å². The molecule has 1 unspecified atom stereocenters. The summed E-state index contributed by atoms with van der Waals surface area (Å²) >= 11 is 0. The average Bonchev–Trinajstić information content (AvgIpc) is 3.28. The third kappa shape index (κ3) is 5.26. The molecule has 3 rings (SSSR count). The first-order valence-electron chi connectivity index (χ1n) is 9.91. The Balaban J connectivity index is 1.65. The lowest BCUT2D eigenvalue weighted by molar-refractivity contribution is -0.118. The van der Waals surface area contributed by atoms with Crippen molar-refractivity contribution in [2.24, 2.45) is 5.92 Å². The predicted octanol–water partition coefficient (Wildman–Crippen LogP) is 3.66. The minimum Gasteiger partial charge on any atom is -0.494 e. The average molecular weight is 406 g/mol. The molecule has 2 aromatic carbocycles. The molecule has 0 aliphatic carbocycles. The molecule has 0 bridgehead atoms. The molecule has 0 radical (unpaired) electrons. The maximum absolute atomic E-state index is 12.8. The van der Waals surface area contributed by atoms with Crippen molar-refractivity contribution in [1.29, 1.82) is 0 Å². The second-order valence-electron chi connectivity index (χ2n) is 7.16. The lowest BCUT2D eigenvalue weighted by Gasteiger charge is -2.22. The molecule has 2 amide bonds. The van der Waals surface area contributed by atoms with E-state index in [1.165, 1.54) is 0 Å². The van der Waals surface area contributed by atoms with Gasteiger partial charge in [0.2, 0.25) is 5.91 Å². The highest BCUT2D eigenvalue weighted by molar-refractivity contribution is 6.01. The highest BCUT2D eigenvalue weighted by Crippen LogP contribution is 2.16. The van der Waals surface area contributed by atoms with Gasteiger partial charge in [-0.15, -0.1) is 0 Å². The van der Waals surface area contributed by atoms with Crippen LogP contribution in [0.4, 0.5) is 5.69 Å². The van der Waals surface area contributed by atoms with Crippen LogP contribution in [0.25, 0.3) is 5.69 Å². The molecular formula is C23H26N4O3. The second kappa shape index (κ2) is 9.73. The number of benzene rings is 2. The van der Waals surface area contributed by atoms with E-state index in [0.717, 1.165) is 5.69 Å². The zero-order chi connectivity index (χ0) is 21.5. The number of anilines is 1. The summed E-state index contributed by atoms with van der Waals surface area (Å²) in [5.74, 6) is 0.0511. The Morgan fingerprint density at radius 3 is 2.33 bits per heavy atom. The van der Waals surface area contributed by atoms with Crippen molar-refractivity contribution in [3.63, 3.8) is 0 Å². The van der Waals surface area contributed by atoms with Gasteiger partial charge in [0.25, 0.3) is 5.91 Å². The van der Waals surface area contributed by atoms with Crippen LogP contribution in [0.2, 0.25) is 0 Å². The summed E-state index contributed by atoms with van der Waals surface area (Å²) in [7, 11) is 0. The van der Waals surface area contributed by atoms with Crippen LogP contribution in [-0.4, -0.2) is 34.0 Å². The summed E-state index contributed by atoms with van der Waals surface area (Å²) in [6.07, 6.45) is 5.26. The third-order valence-corrected chi connectivity index (χ3v) is 4.60. The molecule has 1 heterocycles. The van der Waals surface area contributed by atoms with Crippen molar-refractivity contribution >= 4 is 17.5 Å². The molecule has 1 aromatic heterocycles. The first-order valence-corrected chi connectivity index (χ1v) is 9.91. The zero-order valence-corrected chi connectivity index (χ0v) is 17.3. The summed E-state index contributed by atoms with van der Waals surface area (Å²) in [6, 6.07) is 13.6. The second-order valence-corrected chi connectivity index (χ2v) is 7.16. The molecule has 30 heavy (non-hydrogen) atoms. The predicted molar refractivity (Wildman–Crippen MR) is 116 cm³/mol. The summed E-state index contributed by atoms with van der Waals surface area (Å²) in [6.45, 7) is 6.25. The van der Waals surface area contributed by atoms with E-state index < -0.39 is 6.04 Å². The first kappa shape index (κ1) is 21.1. The van der Waals surface area contributed by atoms with Gasteiger partial charge >= 0.3 is 0 Å². The van der Waals surface area contributed by atoms with Crippen molar-refractivity contribution in [2.75, 3.05) is 11.9 Å². The van der Waals surface area contributed by atoms with E-state index >= 15 is 0 Å². The van der Waals surface area contributed by atoms with Gasteiger partial charge in [0.1, 0.15) is 11.8 Å².